The van der Waals surface area contributed by atoms with Gasteiger partial charge in [0.15, 0.2) is 0 Å². The van der Waals surface area contributed by atoms with Crippen LogP contribution < -0.4 is 5.32 Å². The van der Waals surface area contributed by atoms with E-state index in [9.17, 15) is 0 Å². The molecule has 0 amide bonds. The van der Waals surface area contributed by atoms with Gasteiger partial charge in [-0.3, -0.25) is 0 Å². The molecular weight excluding hydrogens is 186 g/mol. The highest BCUT2D eigenvalue weighted by molar-refractivity contribution is 4.84. The summed E-state index contributed by atoms with van der Waals surface area (Å²) in [5, 5.41) is 3.84. The van der Waals surface area contributed by atoms with Crippen LogP contribution in [0.15, 0.2) is 0 Å². The normalized spacial score (nSPS) is 42.0. The molecule has 2 nitrogen and oxygen atoms in total. The number of methoxy groups -OCH3 is 1. The van der Waals surface area contributed by atoms with Gasteiger partial charge in [-0.1, -0.05) is 6.92 Å². The third-order valence-corrected chi connectivity index (χ3v) is 4.17. The summed E-state index contributed by atoms with van der Waals surface area (Å²) >= 11 is 0. The van der Waals surface area contributed by atoms with Crippen LogP contribution in [-0.4, -0.2) is 25.3 Å². The molecule has 15 heavy (non-hydrogen) atoms. The number of rotatable bonds is 3. The molecule has 0 heterocycles. The molecule has 0 bridgehead atoms. The number of hydrogen-bond donors (Lipinski definition) is 1. The molecule has 2 aliphatic carbocycles. The molecule has 0 aliphatic heterocycles. The quantitative estimate of drug-likeness (QED) is 0.775. The molecule has 2 fully saturated rings. The van der Waals surface area contributed by atoms with Crippen molar-refractivity contribution in [3.8, 4) is 0 Å². The molecule has 2 heteroatoms. The van der Waals surface area contributed by atoms with Crippen molar-refractivity contribution in [3.05, 3.63) is 0 Å². The summed E-state index contributed by atoms with van der Waals surface area (Å²) in [7, 11) is 1.84. The predicted molar refractivity (Wildman–Crippen MR) is 63.0 cm³/mol. The molecule has 0 saturated heterocycles. The Morgan fingerprint density at radius 1 is 0.933 bits per heavy atom. The Morgan fingerprint density at radius 2 is 1.60 bits per heavy atom. The van der Waals surface area contributed by atoms with Gasteiger partial charge < -0.3 is 10.1 Å². The summed E-state index contributed by atoms with van der Waals surface area (Å²) in [5.41, 5.74) is 0. The molecular formula is C13H25NO. The van der Waals surface area contributed by atoms with Gasteiger partial charge in [0.25, 0.3) is 0 Å². The molecule has 0 aromatic heterocycles. The van der Waals surface area contributed by atoms with Crippen molar-refractivity contribution in [2.75, 3.05) is 7.11 Å². The first-order valence-corrected chi connectivity index (χ1v) is 6.56. The number of nitrogens with one attached hydrogen (secondary N) is 1. The van der Waals surface area contributed by atoms with Crippen LogP contribution in [0.3, 0.4) is 0 Å². The minimum Gasteiger partial charge on any atom is -0.381 e. The zero-order valence-corrected chi connectivity index (χ0v) is 10.2. The molecule has 0 radical (unpaired) electrons. The standard InChI is InChI=1S/C13H25NO/c1-10-3-4-12(9-10)14-11-5-7-13(15-2)8-6-11/h10-14H,3-9H2,1-2H3. The van der Waals surface area contributed by atoms with E-state index < -0.39 is 0 Å². The van der Waals surface area contributed by atoms with E-state index in [1.807, 2.05) is 7.11 Å². The highest BCUT2D eigenvalue weighted by Crippen LogP contribution is 2.27. The second kappa shape index (κ2) is 5.31. The van der Waals surface area contributed by atoms with Gasteiger partial charge in [0.2, 0.25) is 0 Å². The van der Waals surface area contributed by atoms with Crippen molar-refractivity contribution in [2.45, 2.75) is 70.1 Å². The van der Waals surface area contributed by atoms with Crippen LogP contribution in [0.1, 0.15) is 51.9 Å². The monoisotopic (exact) mass is 211 g/mol. The molecule has 2 atom stereocenters. The molecule has 0 aromatic carbocycles. The Bertz CT molecular complexity index is 187. The third kappa shape index (κ3) is 3.18. The van der Waals surface area contributed by atoms with Gasteiger partial charge in [0.1, 0.15) is 0 Å². The van der Waals surface area contributed by atoms with Gasteiger partial charge in [0.05, 0.1) is 6.10 Å². The van der Waals surface area contributed by atoms with E-state index in [4.69, 9.17) is 4.74 Å². The summed E-state index contributed by atoms with van der Waals surface area (Å²) in [6, 6.07) is 1.58. The van der Waals surface area contributed by atoms with Crippen LogP contribution in [0.2, 0.25) is 0 Å². The lowest BCUT2D eigenvalue weighted by molar-refractivity contribution is 0.0611. The molecule has 2 saturated carbocycles. The molecule has 2 aliphatic rings. The Kier molecular flexibility index (Phi) is 4.04. The summed E-state index contributed by atoms with van der Waals surface area (Å²) in [4.78, 5) is 0. The number of hydrogen-bond acceptors (Lipinski definition) is 2. The fourth-order valence-electron chi connectivity index (χ4n) is 3.16. The smallest absolute Gasteiger partial charge is 0.0572 e. The van der Waals surface area contributed by atoms with Gasteiger partial charge in [-0.05, 0) is 50.9 Å². The first-order chi connectivity index (χ1) is 7.28. The van der Waals surface area contributed by atoms with Gasteiger partial charge in [-0.15, -0.1) is 0 Å². The largest absolute Gasteiger partial charge is 0.381 e. The average Bonchev–Trinajstić information content (AvgIpc) is 2.65. The van der Waals surface area contributed by atoms with E-state index in [2.05, 4.69) is 12.2 Å². The van der Waals surface area contributed by atoms with Crippen LogP contribution >= 0.6 is 0 Å². The van der Waals surface area contributed by atoms with E-state index in [1.54, 1.807) is 0 Å². The topological polar surface area (TPSA) is 21.3 Å². The molecule has 0 aromatic rings. The van der Waals surface area contributed by atoms with Crippen LogP contribution in [0.5, 0.6) is 0 Å². The maximum atomic E-state index is 5.40. The average molecular weight is 211 g/mol. The Labute approximate surface area is 93.8 Å². The maximum absolute atomic E-state index is 5.40. The highest BCUT2D eigenvalue weighted by atomic mass is 16.5. The molecule has 1 N–H and O–H groups in total. The Hall–Kier alpha value is -0.0800. The fourth-order valence-corrected chi connectivity index (χ4v) is 3.16. The SMILES string of the molecule is COC1CCC(NC2CCC(C)C2)CC1. The minimum atomic E-state index is 0.533. The summed E-state index contributed by atoms with van der Waals surface area (Å²) in [6.07, 6.45) is 9.85. The summed E-state index contributed by atoms with van der Waals surface area (Å²) in [5.74, 6) is 0.942. The number of ether oxygens (including phenoxy) is 1. The Balaban J connectivity index is 1.68. The van der Waals surface area contributed by atoms with E-state index in [1.165, 1.54) is 44.9 Å². The zero-order valence-electron chi connectivity index (χ0n) is 10.2. The van der Waals surface area contributed by atoms with Crippen LogP contribution in [-0.2, 0) is 4.74 Å². The molecule has 0 spiro atoms. The summed E-state index contributed by atoms with van der Waals surface area (Å²) < 4.78 is 5.40. The van der Waals surface area contributed by atoms with Crippen LogP contribution in [0, 0.1) is 5.92 Å². The molecule has 2 unspecified atom stereocenters. The predicted octanol–water partition coefficient (Wildman–Crippen LogP) is 2.72. The van der Waals surface area contributed by atoms with Crippen molar-refractivity contribution in [3.63, 3.8) is 0 Å². The maximum Gasteiger partial charge on any atom is 0.0572 e. The first kappa shape index (κ1) is 11.4. The lowest BCUT2D eigenvalue weighted by Crippen LogP contribution is -2.40. The van der Waals surface area contributed by atoms with Gasteiger partial charge in [-0.2, -0.15) is 0 Å². The van der Waals surface area contributed by atoms with Crippen molar-refractivity contribution >= 4 is 0 Å². The first-order valence-electron chi connectivity index (χ1n) is 6.56. The minimum absolute atomic E-state index is 0.533. The lowest BCUT2D eigenvalue weighted by Gasteiger charge is -2.30. The van der Waals surface area contributed by atoms with E-state index >= 15 is 0 Å². The summed E-state index contributed by atoms with van der Waals surface area (Å²) in [6.45, 7) is 2.38. The van der Waals surface area contributed by atoms with E-state index in [0.717, 1.165) is 18.0 Å². The van der Waals surface area contributed by atoms with Crippen LogP contribution in [0.4, 0.5) is 0 Å². The second-order valence-corrected chi connectivity index (χ2v) is 5.49. The van der Waals surface area contributed by atoms with E-state index in [0.29, 0.717) is 6.10 Å². The zero-order chi connectivity index (χ0) is 10.7. The van der Waals surface area contributed by atoms with Crippen molar-refractivity contribution in [1.29, 1.82) is 0 Å². The molecule has 88 valence electrons. The van der Waals surface area contributed by atoms with Crippen molar-refractivity contribution in [2.24, 2.45) is 5.92 Å². The van der Waals surface area contributed by atoms with Gasteiger partial charge in [-0.25, -0.2) is 0 Å². The van der Waals surface area contributed by atoms with Gasteiger partial charge >= 0.3 is 0 Å². The fraction of sp³-hybridized carbons (Fsp3) is 1.00. The van der Waals surface area contributed by atoms with Crippen molar-refractivity contribution in [1.82, 2.24) is 5.32 Å². The van der Waals surface area contributed by atoms with Crippen LogP contribution in [0.25, 0.3) is 0 Å². The van der Waals surface area contributed by atoms with E-state index in [-0.39, 0.29) is 0 Å². The van der Waals surface area contributed by atoms with Crippen molar-refractivity contribution < 1.29 is 4.74 Å². The lowest BCUT2D eigenvalue weighted by atomic mass is 9.92. The van der Waals surface area contributed by atoms with Gasteiger partial charge in [0, 0.05) is 19.2 Å². The Morgan fingerprint density at radius 3 is 2.13 bits per heavy atom. The second-order valence-electron chi connectivity index (χ2n) is 5.49. The third-order valence-electron chi connectivity index (χ3n) is 4.17. The molecule has 2 rings (SSSR count). The highest BCUT2D eigenvalue weighted by Gasteiger charge is 2.26.